The molecule has 0 atom stereocenters. The first-order valence-electron chi connectivity index (χ1n) is 10.0. The molecule has 2 N–H and O–H groups in total. The van der Waals surface area contributed by atoms with Gasteiger partial charge in [-0.05, 0) is 54.7 Å². The molecule has 1 saturated heterocycles. The number of piperidine rings is 1. The molecule has 1 aliphatic rings. The van der Waals surface area contributed by atoms with Gasteiger partial charge in [-0.3, -0.25) is 4.79 Å². The molecule has 4 rings (SSSR count). The van der Waals surface area contributed by atoms with E-state index in [2.05, 4.69) is 9.97 Å². The molecule has 0 spiro atoms. The van der Waals surface area contributed by atoms with Crippen molar-refractivity contribution >= 4 is 11.7 Å². The zero-order valence-electron chi connectivity index (χ0n) is 17.1. The Balaban J connectivity index is 1.42. The number of rotatable bonds is 5. The Morgan fingerprint density at radius 1 is 1.06 bits per heavy atom. The van der Waals surface area contributed by atoms with Crippen molar-refractivity contribution in [2.75, 3.05) is 25.9 Å². The predicted octanol–water partition coefficient (Wildman–Crippen LogP) is 4.02. The summed E-state index contributed by atoms with van der Waals surface area (Å²) in [5.74, 6) is 1.52. The number of hydrogen-bond acceptors (Lipinski definition) is 6. The fourth-order valence-electron chi connectivity index (χ4n) is 3.64. The number of pyridine rings is 2. The SMILES string of the molecule is COc1cc(C(=O)N2CCC(c3ccc(N)nc3)CC2)ncc1Oc1ccc(F)cc1. The van der Waals surface area contributed by atoms with Crippen LogP contribution < -0.4 is 15.2 Å². The zero-order chi connectivity index (χ0) is 21.8. The van der Waals surface area contributed by atoms with E-state index in [1.165, 1.54) is 37.6 Å². The van der Waals surface area contributed by atoms with E-state index < -0.39 is 0 Å². The molecule has 0 unspecified atom stereocenters. The van der Waals surface area contributed by atoms with Crippen molar-refractivity contribution in [2.45, 2.75) is 18.8 Å². The lowest BCUT2D eigenvalue weighted by Crippen LogP contribution is -2.38. The Labute approximate surface area is 179 Å². The number of nitrogen functional groups attached to an aromatic ring is 1. The maximum absolute atomic E-state index is 13.1. The second-order valence-electron chi connectivity index (χ2n) is 7.36. The molecule has 0 bridgehead atoms. The molecule has 7 nitrogen and oxygen atoms in total. The van der Waals surface area contributed by atoms with Crippen molar-refractivity contribution in [3.8, 4) is 17.2 Å². The molecule has 1 amide bonds. The van der Waals surface area contributed by atoms with Crippen LogP contribution in [0, 0.1) is 5.82 Å². The van der Waals surface area contributed by atoms with Gasteiger partial charge in [0.05, 0.1) is 13.3 Å². The Morgan fingerprint density at radius 2 is 1.81 bits per heavy atom. The minimum absolute atomic E-state index is 0.152. The van der Waals surface area contributed by atoms with Crippen molar-refractivity contribution in [2.24, 2.45) is 0 Å². The maximum atomic E-state index is 13.1. The molecule has 3 aromatic rings. The summed E-state index contributed by atoms with van der Waals surface area (Å²) in [4.78, 5) is 23.2. The Bertz CT molecular complexity index is 1050. The van der Waals surface area contributed by atoms with Gasteiger partial charge in [-0.15, -0.1) is 0 Å². The monoisotopic (exact) mass is 422 g/mol. The Kier molecular flexibility index (Phi) is 5.97. The summed E-state index contributed by atoms with van der Waals surface area (Å²) in [5, 5.41) is 0. The molecule has 0 radical (unpaired) electrons. The van der Waals surface area contributed by atoms with Crippen molar-refractivity contribution < 1.29 is 18.7 Å². The molecule has 0 saturated carbocycles. The van der Waals surface area contributed by atoms with Crippen LogP contribution in [0.3, 0.4) is 0 Å². The van der Waals surface area contributed by atoms with Gasteiger partial charge < -0.3 is 20.1 Å². The molecule has 160 valence electrons. The first-order chi connectivity index (χ1) is 15.0. The normalized spacial score (nSPS) is 14.3. The zero-order valence-corrected chi connectivity index (χ0v) is 17.1. The number of carbonyl (C=O) groups is 1. The van der Waals surface area contributed by atoms with Crippen molar-refractivity contribution in [3.63, 3.8) is 0 Å². The summed E-state index contributed by atoms with van der Waals surface area (Å²) in [6, 6.07) is 11.0. The first-order valence-corrected chi connectivity index (χ1v) is 10.0. The van der Waals surface area contributed by atoms with E-state index in [1.54, 1.807) is 17.0 Å². The number of nitrogens with two attached hydrogens (primary N) is 1. The molecule has 1 aromatic carbocycles. The van der Waals surface area contributed by atoms with Gasteiger partial charge in [-0.1, -0.05) is 6.07 Å². The molecule has 3 heterocycles. The smallest absolute Gasteiger partial charge is 0.272 e. The Hall–Kier alpha value is -3.68. The lowest BCUT2D eigenvalue weighted by Gasteiger charge is -2.32. The number of halogens is 1. The van der Waals surface area contributed by atoms with Crippen LogP contribution in [0.5, 0.6) is 17.2 Å². The van der Waals surface area contributed by atoms with Crippen molar-refractivity contribution in [3.05, 3.63) is 71.9 Å². The summed E-state index contributed by atoms with van der Waals surface area (Å²) >= 11 is 0. The molecular formula is C23H23FN4O3. The van der Waals surface area contributed by atoms with Crippen LogP contribution in [0.25, 0.3) is 0 Å². The van der Waals surface area contributed by atoms with Crippen LogP contribution in [0.4, 0.5) is 10.2 Å². The van der Waals surface area contributed by atoms with Crippen molar-refractivity contribution in [1.29, 1.82) is 0 Å². The van der Waals surface area contributed by atoms with Gasteiger partial charge in [0.1, 0.15) is 23.1 Å². The summed E-state index contributed by atoms with van der Waals surface area (Å²) < 4.78 is 24.2. The lowest BCUT2D eigenvalue weighted by atomic mass is 9.90. The number of carbonyl (C=O) groups excluding carboxylic acids is 1. The molecule has 2 aromatic heterocycles. The van der Waals surface area contributed by atoms with E-state index in [0.29, 0.717) is 42.1 Å². The fraction of sp³-hybridized carbons (Fsp3) is 0.261. The van der Waals surface area contributed by atoms with Crippen LogP contribution in [0.15, 0.2) is 54.9 Å². The third-order valence-corrected chi connectivity index (χ3v) is 5.37. The standard InChI is InChI=1S/C23H23FN4O3/c1-30-20-12-19(26-14-21(20)31-18-5-3-17(24)4-6-18)23(29)28-10-8-15(9-11-28)16-2-7-22(25)27-13-16/h2-7,12-15H,8-11H2,1H3,(H2,25,27). The highest BCUT2D eigenvalue weighted by Gasteiger charge is 2.26. The van der Waals surface area contributed by atoms with E-state index in [1.807, 2.05) is 12.3 Å². The fourth-order valence-corrected chi connectivity index (χ4v) is 3.64. The van der Waals surface area contributed by atoms with Gasteiger partial charge >= 0.3 is 0 Å². The number of ether oxygens (including phenoxy) is 2. The molecular weight excluding hydrogens is 399 g/mol. The highest BCUT2D eigenvalue weighted by atomic mass is 19.1. The van der Waals surface area contributed by atoms with Gasteiger partial charge in [0, 0.05) is 25.4 Å². The third-order valence-electron chi connectivity index (χ3n) is 5.37. The van der Waals surface area contributed by atoms with Gasteiger partial charge in [0.25, 0.3) is 5.91 Å². The summed E-state index contributed by atoms with van der Waals surface area (Å²) in [6.45, 7) is 1.26. The van der Waals surface area contributed by atoms with Crippen LogP contribution in [-0.2, 0) is 0 Å². The maximum Gasteiger partial charge on any atom is 0.272 e. The minimum Gasteiger partial charge on any atom is -0.493 e. The lowest BCUT2D eigenvalue weighted by molar-refractivity contribution is 0.0706. The second-order valence-corrected chi connectivity index (χ2v) is 7.36. The number of benzene rings is 1. The summed E-state index contributed by atoms with van der Waals surface area (Å²) in [5.41, 5.74) is 7.09. The molecule has 0 aliphatic carbocycles. The minimum atomic E-state index is -0.352. The highest BCUT2D eigenvalue weighted by molar-refractivity contribution is 5.93. The number of hydrogen-bond donors (Lipinski definition) is 1. The molecule has 8 heteroatoms. The van der Waals surface area contributed by atoms with Gasteiger partial charge in [0.15, 0.2) is 11.5 Å². The van der Waals surface area contributed by atoms with Gasteiger partial charge in [-0.25, -0.2) is 14.4 Å². The Morgan fingerprint density at radius 3 is 2.45 bits per heavy atom. The van der Waals surface area contributed by atoms with Crippen molar-refractivity contribution in [1.82, 2.24) is 14.9 Å². The largest absolute Gasteiger partial charge is 0.493 e. The second kappa shape index (κ2) is 8.99. The number of methoxy groups -OCH3 is 1. The summed E-state index contributed by atoms with van der Waals surface area (Å²) in [6.07, 6.45) is 4.95. The number of likely N-dealkylation sites (tertiary alicyclic amines) is 1. The van der Waals surface area contributed by atoms with E-state index in [0.717, 1.165) is 18.4 Å². The predicted molar refractivity (Wildman–Crippen MR) is 114 cm³/mol. The quantitative estimate of drug-likeness (QED) is 0.668. The highest BCUT2D eigenvalue weighted by Crippen LogP contribution is 2.32. The van der Waals surface area contributed by atoms with Gasteiger partial charge in [-0.2, -0.15) is 0 Å². The van der Waals surface area contributed by atoms with E-state index in [9.17, 15) is 9.18 Å². The molecule has 1 aliphatic heterocycles. The van der Waals surface area contributed by atoms with Gasteiger partial charge in [0.2, 0.25) is 0 Å². The molecule has 31 heavy (non-hydrogen) atoms. The van der Waals surface area contributed by atoms with E-state index in [4.69, 9.17) is 15.2 Å². The average Bonchev–Trinajstić information content (AvgIpc) is 2.81. The first kappa shape index (κ1) is 20.6. The third kappa shape index (κ3) is 4.74. The van der Waals surface area contributed by atoms with Crippen LogP contribution in [-0.4, -0.2) is 41.0 Å². The number of amides is 1. The van der Waals surface area contributed by atoms with E-state index in [-0.39, 0.29) is 17.4 Å². The van der Waals surface area contributed by atoms with Crippen LogP contribution >= 0.6 is 0 Å². The van der Waals surface area contributed by atoms with E-state index >= 15 is 0 Å². The van der Waals surface area contributed by atoms with Crippen LogP contribution in [0.2, 0.25) is 0 Å². The number of anilines is 1. The summed E-state index contributed by atoms with van der Waals surface area (Å²) in [7, 11) is 1.49. The molecule has 1 fully saturated rings. The average molecular weight is 422 g/mol. The number of aromatic nitrogens is 2. The van der Waals surface area contributed by atoms with Crippen LogP contribution in [0.1, 0.15) is 34.8 Å². The number of nitrogens with zero attached hydrogens (tertiary/aromatic N) is 3. The topological polar surface area (TPSA) is 90.6 Å².